The molecular formula is C19H22N2O3S. The molecule has 0 spiro atoms. The third-order valence-corrected chi connectivity index (χ3v) is 4.61. The van der Waals surface area contributed by atoms with Crippen molar-refractivity contribution in [1.29, 1.82) is 0 Å². The Morgan fingerprint density at radius 2 is 1.84 bits per heavy atom. The molecule has 6 heteroatoms. The molecular weight excluding hydrogens is 336 g/mol. The van der Waals surface area contributed by atoms with Gasteiger partial charge in [0.1, 0.15) is 0 Å². The minimum atomic E-state index is -3.68. The van der Waals surface area contributed by atoms with Gasteiger partial charge >= 0.3 is 0 Å². The molecule has 0 radical (unpaired) electrons. The Morgan fingerprint density at radius 3 is 2.52 bits per heavy atom. The van der Waals surface area contributed by atoms with Gasteiger partial charge in [0.25, 0.3) is 0 Å². The molecule has 2 N–H and O–H groups in total. The van der Waals surface area contributed by atoms with E-state index in [1.54, 1.807) is 6.07 Å². The summed E-state index contributed by atoms with van der Waals surface area (Å²) in [5, 5.41) is 3.74. The van der Waals surface area contributed by atoms with Crippen LogP contribution >= 0.6 is 0 Å². The molecule has 132 valence electrons. The van der Waals surface area contributed by atoms with Crippen molar-refractivity contribution < 1.29 is 13.2 Å². The van der Waals surface area contributed by atoms with Crippen LogP contribution in [0.4, 0.5) is 5.69 Å². The third-order valence-electron chi connectivity index (χ3n) is 3.57. The Morgan fingerprint density at radius 1 is 1.12 bits per heavy atom. The van der Waals surface area contributed by atoms with Crippen molar-refractivity contribution in [1.82, 2.24) is 4.72 Å². The van der Waals surface area contributed by atoms with E-state index in [-0.39, 0.29) is 6.54 Å². The summed E-state index contributed by atoms with van der Waals surface area (Å²) in [7, 11) is -3.68. The van der Waals surface area contributed by atoms with Gasteiger partial charge in [-0.2, -0.15) is 0 Å². The molecule has 1 amide bonds. The lowest BCUT2D eigenvalue weighted by Gasteiger charge is -2.07. The largest absolute Gasteiger partial charge is 0.325 e. The molecule has 0 aliphatic heterocycles. The summed E-state index contributed by atoms with van der Waals surface area (Å²) < 4.78 is 26.2. The third kappa shape index (κ3) is 6.52. The van der Waals surface area contributed by atoms with Crippen LogP contribution in [0.3, 0.4) is 0 Å². The maximum atomic E-state index is 12.0. The number of anilines is 1. The fourth-order valence-corrected chi connectivity index (χ4v) is 2.90. The number of carbonyl (C=O) groups excluding carboxylic acids is 1. The van der Waals surface area contributed by atoms with E-state index >= 15 is 0 Å². The van der Waals surface area contributed by atoms with Gasteiger partial charge in [0.05, 0.1) is 6.54 Å². The van der Waals surface area contributed by atoms with Crippen LogP contribution in [0.2, 0.25) is 0 Å². The highest BCUT2D eigenvalue weighted by atomic mass is 32.2. The fraction of sp³-hybridized carbons (Fsp3) is 0.211. The summed E-state index contributed by atoms with van der Waals surface area (Å²) in [5.74, 6) is -0.416. The van der Waals surface area contributed by atoms with Gasteiger partial charge in [-0.15, -0.1) is 0 Å². The van der Waals surface area contributed by atoms with Gasteiger partial charge in [0, 0.05) is 11.1 Å². The van der Waals surface area contributed by atoms with Crippen molar-refractivity contribution in [2.45, 2.75) is 20.3 Å². The van der Waals surface area contributed by atoms with Gasteiger partial charge in [-0.1, -0.05) is 48.9 Å². The van der Waals surface area contributed by atoms with Gasteiger partial charge in [-0.25, -0.2) is 13.1 Å². The lowest BCUT2D eigenvalue weighted by Crippen LogP contribution is -2.31. The molecule has 2 aromatic carbocycles. The van der Waals surface area contributed by atoms with Gasteiger partial charge in [-0.05, 0) is 42.7 Å². The first-order valence-electron chi connectivity index (χ1n) is 8.01. The number of sulfonamides is 1. The summed E-state index contributed by atoms with van der Waals surface area (Å²) in [5.41, 5.74) is 3.62. The first kappa shape index (κ1) is 18.9. The van der Waals surface area contributed by atoms with E-state index in [4.69, 9.17) is 0 Å². The van der Waals surface area contributed by atoms with Crippen LogP contribution in [0, 0.1) is 6.92 Å². The van der Waals surface area contributed by atoms with Crippen molar-refractivity contribution in [2.75, 3.05) is 11.9 Å². The SMILES string of the molecule is CCc1cccc(NC(=O)CNS(=O)(=O)C=Cc2ccc(C)cc2)c1. The number of benzene rings is 2. The molecule has 0 aliphatic rings. The van der Waals surface area contributed by atoms with Crippen LogP contribution in [0.5, 0.6) is 0 Å². The second kappa shape index (κ2) is 8.60. The number of amides is 1. The highest BCUT2D eigenvalue weighted by molar-refractivity contribution is 7.92. The molecule has 0 bridgehead atoms. The molecule has 0 fully saturated rings. The maximum Gasteiger partial charge on any atom is 0.239 e. The Bertz CT molecular complexity index is 856. The highest BCUT2D eigenvalue weighted by Crippen LogP contribution is 2.11. The van der Waals surface area contributed by atoms with Crippen LogP contribution in [-0.2, 0) is 21.2 Å². The summed E-state index contributed by atoms with van der Waals surface area (Å²) in [6.45, 7) is 3.66. The van der Waals surface area contributed by atoms with E-state index in [1.165, 1.54) is 6.08 Å². The van der Waals surface area contributed by atoms with Crippen LogP contribution < -0.4 is 10.0 Å². The van der Waals surface area contributed by atoms with Gasteiger partial charge in [-0.3, -0.25) is 4.79 Å². The molecule has 0 heterocycles. The lowest BCUT2D eigenvalue weighted by atomic mass is 10.1. The topological polar surface area (TPSA) is 75.3 Å². The number of rotatable bonds is 7. The van der Waals surface area contributed by atoms with E-state index in [0.29, 0.717) is 5.69 Å². The monoisotopic (exact) mass is 358 g/mol. The quantitative estimate of drug-likeness (QED) is 0.799. The predicted molar refractivity (Wildman–Crippen MR) is 102 cm³/mol. The number of nitrogens with one attached hydrogen (secondary N) is 2. The number of hydrogen-bond acceptors (Lipinski definition) is 3. The molecule has 5 nitrogen and oxygen atoms in total. The van der Waals surface area contributed by atoms with Crippen molar-refractivity contribution in [3.63, 3.8) is 0 Å². The van der Waals surface area contributed by atoms with E-state index in [1.807, 2.05) is 56.3 Å². The summed E-state index contributed by atoms with van der Waals surface area (Å²) in [4.78, 5) is 11.9. The van der Waals surface area contributed by atoms with E-state index in [9.17, 15) is 13.2 Å². The number of aryl methyl sites for hydroxylation is 2. The molecule has 0 aromatic heterocycles. The van der Waals surface area contributed by atoms with Gasteiger partial charge < -0.3 is 5.32 Å². The zero-order valence-corrected chi connectivity index (χ0v) is 15.1. The second-order valence-corrected chi connectivity index (χ2v) is 7.33. The normalized spacial score (nSPS) is 11.6. The second-order valence-electron chi connectivity index (χ2n) is 5.68. The van der Waals surface area contributed by atoms with Crippen molar-refractivity contribution in [3.8, 4) is 0 Å². The average molecular weight is 358 g/mol. The minimum Gasteiger partial charge on any atom is -0.325 e. The van der Waals surface area contributed by atoms with Gasteiger partial charge in [0.15, 0.2) is 0 Å². The Balaban J connectivity index is 1.90. The first-order chi connectivity index (χ1) is 11.9. The molecule has 0 aliphatic carbocycles. The van der Waals surface area contributed by atoms with Crippen molar-refractivity contribution in [3.05, 3.63) is 70.6 Å². The maximum absolute atomic E-state index is 12.0. The zero-order valence-electron chi connectivity index (χ0n) is 14.3. The Kier molecular flexibility index (Phi) is 6.50. The molecule has 0 atom stereocenters. The van der Waals surface area contributed by atoms with Crippen molar-refractivity contribution >= 4 is 27.7 Å². The zero-order chi connectivity index (χ0) is 18.3. The minimum absolute atomic E-state index is 0.322. The van der Waals surface area contributed by atoms with E-state index < -0.39 is 15.9 Å². The standard InChI is InChI=1S/C19H22N2O3S/c1-3-16-5-4-6-18(13-16)21-19(22)14-20-25(23,24)12-11-17-9-7-15(2)8-10-17/h4-13,20H,3,14H2,1-2H3,(H,21,22). The first-order valence-corrected chi connectivity index (χ1v) is 9.56. The molecule has 0 unspecified atom stereocenters. The highest BCUT2D eigenvalue weighted by Gasteiger charge is 2.09. The molecule has 25 heavy (non-hydrogen) atoms. The van der Waals surface area contributed by atoms with Crippen LogP contribution in [0.25, 0.3) is 6.08 Å². The summed E-state index contributed by atoms with van der Waals surface area (Å²) >= 11 is 0. The number of hydrogen-bond donors (Lipinski definition) is 2. The average Bonchev–Trinajstić information content (AvgIpc) is 2.60. The van der Waals surface area contributed by atoms with Crippen LogP contribution in [-0.4, -0.2) is 20.9 Å². The van der Waals surface area contributed by atoms with E-state index in [2.05, 4.69) is 10.0 Å². The Labute approximate surface area is 148 Å². The van der Waals surface area contributed by atoms with E-state index in [0.717, 1.165) is 28.5 Å². The summed E-state index contributed by atoms with van der Waals surface area (Å²) in [6, 6.07) is 14.9. The smallest absolute Gasteiger partial charge is 0.239 e. The molecule has 0 saturated heterocycles. The molecule has 2 aromatic rings. The lowest BCUT2D eigenvalue weighted by molar-refractivity contribution is -0.115. The van der Waals surface area contributed by atoms with Gasteiger partial charge in [0.2, 0.25) is 15.9 Å². The van der Waals surface area contributed by atoms with Crippen molar-refractivity contribution in [2.24, 2.45) is 0 Å². The Hall–Kier alpha value is -2.44. The molecule has 2 rings (SSSR count). The number of carbonyl (C=O) groups is 1. The van der Waals surface area contributed by atoms with Crippen LogP contribution in [0.1, 0.15) is 23.6 Å². The predicted octanol–water partition coefficient (Wildman–Crippen LogP) is 3.09. The fourth-order valence-electron chi connectivity index (χ4n) is 2.13. The molecule has 0 saturated carbocycles. The summed E-state index contributed by atoms with van der Waals surface area (Å²) in [6.07, 6.45) is 2.35. The van der Waals surface area contributed by atoms with Crippen LogP contribution in [0.15, 0.2) is 53.9 Å².